The van der Waals surface area contributed by atoms with E-state index in [4.69, 9.17) is 4.74 Å². The first-order chi connectivity index (χ1) is 13.4. The highest BCUT2D eigenvalue weighted by Crippen LogP contribution is 2.19. The molecule has 1 heterocycles. The first kappa shape index (κ1) is 19.7. The number of aryl methyl sites for hydroxylation is 1. The second kappa shape index (κ2) is 8.78. The molecule has 148 valence electrons. The molecule has 6 heteroatoms. The maximum absolute atomic E-state index is 12.6. The number of aromatic hydroxyl groups is 1. The van der Waals surface area contributed by atoms with Crippen molar-refractivity contribution in [2.45, 2.75) is 38.8 Å². The maximum Gasteiger partial charge on any atom is 0.263 e. The molecular weight excluding hydrogens is 356 g/mol. The quantitative estimate of drug-likeness (QED) is 0.833. The van der Waals surface area contributed by atoms with Gasteiger partial charge in [-0.15, -0.1) is 0 Å². The third kappa shape index (κ3) is 5.03. The molecular formula is C22H26N2O4. The summed E-state index contributed by atoms with van der Waals surface area (Å²) in [5.41, 5.74) is 1.77. The Morgan fingerprint density at radius 3 is 2.29 bits per heavy atom. The molecule has 2 aromatic carbocycles. The number of piperidine rings is 1. The van der Waals surface area contributed by atoms with E-state index in [2.05, 4.69) is 5.32 Å². The minimum atomic E-state index is -0.608. The number of carbonyl (C=O) groups is 2. The molecule has 0 bridgehead atoms. The van der Waals surface area contributed by atoms with Crippen LogP contribution in [0.1, 0.15) is 35.7 Å². The van der Waals surface area contributed by atoms with Crippen LogP contribution in [0.5, 0.6) is 11.5 Å². The Balaban J connectivity index is 1.47. The van der Waals surface area contributed by atoms with Crippen LogP contribution in [0.15, 0.2) is 48.5 Å². The van der Waals surface area contributed by atoms with Gasteiger partial charge in [-0.2, -0.15) is 0 Å². The molecule has 1 atom stereocenters. The van der Waals surface area contributed by atoms with Gasteiger partial charge >= 0.3 is 0 Å². The summed E-state index contributed by atoms with van der Waals surface area (Å²) < 4.78 is 5.67. The van der Waals surface area contributed by atoms with Gasteiger partial charge in [0.15, 0.2) is 6.10 Å². The molecule has 2 amide bonds. The van der Waals surface area contributed by atoms with E-state index in [1.54, 1.807) is 24.0 Å². The number of amides is 2. The van der Waals surface area contributed by atoms with Gasteiger partial charge in [-0.3, -0.25) is 9.59 Å². The molecule has 28 heavy (non-hydrogen) atoms. The number of benzene rings is 2. The number of nitrogens with one attached hydrogen (secondary N) is 1. The number of phenols is 1. The molecule has 1 fully saturated rings. The highest BCUT2D eigenvalue weighted by atomic mass is 16.5. The maximum atomic E-state index is 12.6. The average Bonchev–Trinajstić information content (AvgIpc) is 2.70. The first-order valence-corrected chi connectivity index (χ1v) is 9.54. The van der Waals surface area contributed by atoms with E-state index in [9.17, 15) is 14.7 Å². The second-order valence-electron chi connectivity index (χ2n) is 7.19. The van der Waals surface area contributed by atoms with Crippen LogP contribution in [-0.2, 0) is 4.79 Å². The summed E-state index contributed by atoms with van der Waals surface area (Å²) in [5, 5.41) is 12.4. The number of phenolic OH excluding ortho intramolecular Hbond substituents is 1. The third-order valence-electron chi connectivity index (χ3n) is 4.95. The van der Waals surface area contributed by atoms with Crippen molar-refractivity contribution < 1.29 is 19.4 Å². The van der Waals surface area contributed by atoms with Crippen molar-refractivity contribution in [1.82, 2.24) is 10.2 Å². The molecule has 2 N–H and O–H groups in total. The lowest BCUT2D eigenvalue weighted by atomic mass is 10.0. The molecule has 0 spiro atoms. The second-order valence-corrected chi connectivity index (χ2v) is 7.19. The van der Waals surface area contributed by atoms with Gasteiger partial charge in [0.05, 0.1) is 0 Å². The van der Waals surface area contributed by atoms with Gasteiger partial charge in [-0.05, 0) is 63.1 Å². The van der Waals surface area contributed by atoms with Crippen LogP contribution in [-0.4, -0.2) is 47.1 Å². The van der Waals surface area contributed by atoms with Gasteiger partial charge in [0.2, 0.25) is 0 Å². The Morgan fingerprint density at radius 1 is 1.07 bits per heavy atom. The standard InChI is InChI=1S/C22H26N2O4/c1-15-3-5-17(6-4-15)21(26)23-18-11-13-24(14-12-18)22(27)16(2)28-20-9-7-19(25)8-10-20/h3-10,16,18,25H,11-14H2,1-2H3,(H,23,26). The lowest BCUT2D eigenvalue weighted by Gasteiger charge is -2.33. The zero-order valence-electron chi connectivity index (χ0n) is 16.2. The summed E-state index contributed by atoms with van der Waals surface area (Å²) in [7, 11) is 0. The van der Waals surface area contributed by atoms with Crippen LogP contribution >= 0.6 is 0 Å². The zero-order chi connectivity index (χ0) is 20.1. The molecule has 0 aromatic heterocycles. The SMILES string of the molecule is Cc1ccc(C(=O)NC2CCN(C(=O)C(C)Oc3ccc(O)cc3)CC2)cc1. The van der Waals surface area contributed by atoms with E-state index >= 15 is 0 Å². The molecule has 1 unspecified atom stereocenters. The van der Waals surface area contributed by atoms with Crippen molar-refractivity contribution in [2.75, 3.05) is 13.1 Å². The van der Waals surface area contributed by atoms with E-state index in [0.717, 1.165) is 18.4 Å². The number of hydrogen-bond donors (Lipinski definition) is 2. The van der Waals surface area contributed by atoms with Crippen molar-refractivity contribution in [2.24, 2.45) is 0 Å². The van der Waals surface area contributed by atoms with Crippen molar-refractivity contribution in [1.29, 1.82) is 0 Å². The fourth-order valence-electron chi connectivity index (χ4n) is 3.25. The van der Waals surface area contributed by atoms with Crippen LogP contribution in [0.4, 0.5) is 0 Å². The number of nitrogens with zero attached hydrogens (tertiary/aromatic N) is 1. The van der Waals surface area contributed by atoms with Gasteiger partial charge in [0, 0.05) is 24.7 Å². The highest BCUT2D eigenvalue weighted by Gasteiger charge is 2.27. The van der Waals surface area contributed by atoms with Gasteiger partial charge in [0.25, 0.3) is 11.8 Å². The molecule has 6 nitrogen and oxygen atoms in total. The number of rotatable bonds is 5. The number of ether oxygens (including phenoxy) is 1. The number of likely N-dealkylation sites (tertiary alicyclic amines) is 1. The fraction of sp³-hybridized carbons (Fsp3) is 0.364. The van der Waals surface area contributed by atoms with Gasteiger partial charge in [-0.1, -0.05) is 17.7 Å². The van der Waals surface area contributed by atoms with Crippen molar-refractivity contribution in [3.05, 3.63) is 59.7 Å². The molecule has 0 radical (unpaired) electrons. The Kier molecular flexibility index (Phi) is 6.19. The number of carbonyl (C=O) groups excluding carboxylic acids is 2. The van der Waals surface area contributed by atoms with Gasteiger partial charge in [-0.25, -0.2) is 0 Å². The Hall–Kier alpha value is -3.02. The molecule has 0 saturated carbocycles. The lowest BCUT2D eigenvalue weighted by molar-refractivity contribution is -0.139. The van der Waals surface area contributed by atoms with Crippen molar-refractivity contribution >= 4 is 11.8 Å². The Labute approximate surface area is 165 Å². The van der Waals surface area contributed by atoms with Gasteiger partial charge in [0.1, 0.15) is 11.5 Å². The highest BCUT2D eigenvalue weighted by molar-refractivity contribution is 5.94. The summed E-state index contributed by atoms with van der Waals surface area (Å²) in [5.74, 6) is 0.546. The summed E-state index contributed by atoms with van der Waals surface area (Å²) >= 11 is 0. The van der Waals surface area contributed by atoms with Gasteiger partial charge < -0.3 is 20.1 Å². The van der Waals surface area contributed by atoms with Crippen molar-refractivity contribution in [3.63, 3.8) is 0 Å². The lowest BCUT2D eigenvalue weighted by Crippen LogP contribution is -2.49. The van der Waals surface area contributed by atoms with Crippen molar-refractivity contribution in [3.8, 4) is 11.5 Å². The molecule has 1 aliphatic heterocycles. The van der Waals surface area contributed by atoms with E-state index in [1.807, 2.05) is 31.2 Å². The topological polar surface area (TPSA) is 78.9 Å². The normalized spacial score (nSPS) is 15.7. The van der Waals surface area contributed by atoms with Crippen LogP contribution in [0.2, 0.25) is 0 Å². The molecule has 1 aliphatic rings. The van der Waals surface area contributed by atoms with E-state index in [1.165, 1.54) is 12.1 Å². The largest absolute Gasteiger partial charge is 0.508 e. The summed E-state index contributed by atoms with van der Waals surface area (Å²) in [4.78, 5) is 26.7. The molecule has 1 saturated heterocycles. The van der Waals surface area contributed by atoms with E-state index in [-0.39, 0.29) is 23.6 Å². The number of hydrogen-bond acceptors (Lipinski definition) is 4. The predicted molar refractivity (Wildman–Crippen MR) is 106 cm³/mol. The minimum absolute atomic E-state index is 0.0613. The smallest absolute Gasteiger partial charge is 0.263 e. The summed E-state index contributed by atoms with van der Waals surface area (Å²) in [6.45, 7) is 4.88. The van der Waals surface area contributed by atoms with Crippen LogP contribution in [0.3, 0.4) is 0 Å². The summed E-state index contributed by atoms with van der Waals surface area (Å²) in [6.07, 6.45) is 0.827. The summed E-state index contributed by atoms with van der Waals surface area (Å²) in [6, 6.07) is 13.9. The van der Waals surface area contributed by atoms with Crippen LogP contribution in [0.25, 0.3) is 0 Å². The van der Waals surface area contributed by atoms with Crippen LogP contribution in [0, 0.1) is 6.92 Å². The Bertz CT molecular complexity index is 809. The molecule has 2 aromatic rings. The molecule has 0 aliphatic carbocycles. The Morgan fingerprint density at radius 2 is 1.68 bits per heavy atom. The first-order valence-electron chi connectivity index (χ1n) is 9.54. The monoisotopic (exact) mass is 382 g/mol. The molecule has 3 rings (SSSR count). The average molecular weight is 382 g/mol. The van der Waals surface area contributed by atoms with E-state index < -0.39 is 6.10 Å². The zero-order valence-corrected chi connectivity index (χ0v) is 16.2. The fourth-order valence-corrected chi connectivity index (χ4v) is 3.25. The third-order valence-corrected chi connectivity index (χ3v) is 4.95. The minimum Gasteiger partial charge on any atom is -0.508 e. The van der Waals surface area contributed by atoms with E-state index in [0.29, 0.717) is 24.4 Å². The predicted octanol–water partition coefficient (Wildman–Crippen LogP) is 2.89. The van der Waals surface area contributed by atoms with Crippen LogP contribution < -0.4 is 10.1 Å².